The molecule has 0 aliphatic carbocycles. The van der Waals surface area contributed by atoms with Gasteiger partial charge in [0.2, 0.25) is 0 Å². The number of carboxylic acid groups (broad SMARTS) is 1. The fraction of sp³-hybridized carbons (Fsp3) is 0.533. The van der Waals surface area contributed by atoms with Crippen LogP contribution in [-0.2, 0) is 4.79 Å². The lowest BCUT2D eigenvalue weighted by molar-refractivity contribution is -0.140. The van der Waals surface area contributed by atoms with E-state index in [1.807, 2.05) is 30.3 Å². The molecule has 1 N–H and O–H groups in total. The van der Waals surface area contributed by atoms with Crippen LogP contribution < -0.4 is 4.90 Å². The molecule has 1 rings (SSSR count). The summed E-state index contributed by atoms with van der Waals surface area (Å²) < 4.78 is 0. The van der Waals surface area contributed by atoms with Crippen molar-refractivity contribution in [3.05, 3.63) is 30.3 Å². The molecule has 100 valence electrons. The van der Waals surface area contributed by atoms with Gasteiger partial charge in [0.05, 0.1) is 5.92 Å². The van der Waals surface area contributed by atoms with Crippen molar-refractivity contribution in [2.24, 2.45) is 11.8 Å². The minimum atomic E-state index is -0.736. The highest BCUT2D eigenvalue weighted by molar-refractivity contribution is 5.70. The molecule has 3 heteroatoms. The van der Waals surface area contributed by atoms with Crippen LogP contribution in [0.4, 0.5) is 5.69 Å². The van der Waals surface area contributed by atoms with E-state index in [-0.39, 0.29) is 5.92 Å². The Kier molecular flexibility index (Phi) is 5.69. The number of carboxylic acids is 1. The van der Waals surface area contributed by atoms with Crippen molar-refractivity contribution >= 4 is 11.7 Å². The zero-order valence-corrected chi connectivity index (χ0v) is 11.5. The second-order valence-electron chi connectivity index (χ2n) is 5.20. The van der Waals surface area contributed by atoms with Crippen molar-refractivity contribution in [1.29, 1.82) is 0 Å². The Balaban J connectivity index is 2.72. The van der Waals surface area contributed by atoms with E-state index in [2.05, 4.69) is 18.7 Å². The normalized spacial score (nSPS) is 12.4. The summed E-state index contributed by atoms with van der Waals surface area (Å²) in [5, 5.41) is 9.03. The number of rotatable bonds is 7. The first-order valence-corrected chi connectivity index (χ1v) is 6.53. The smallest absolute Gasteiger partial charge is 0.308 e. The van der Waals surface area contributed by atoms with Crippen molar-refractivity contribution < 1.29 is 9.90 Å². The standard InChI is InChI=1S/C15H23NO2/c1-12(2)9-10-16(11-13(3)15(17)18)14-7-5-4-6-8-14/h4-8,12-13H,9-11H2,1-3H3,(H,17,18). The molecule has 1 aromatic rings. The lowest BCUT2D eigenvalue weighted by Gasteiger charge is -2.27. The Hall–Kier alpha value is -1.51. The van der Waals surface area contributed by atoms with Gasteiger partial charge in [0, 0.05) is 18.8 Å². The van der Waals surface area contributed by atoms with Gasteiger partial charge in [0.25, 0.3) is 0 Å². The second-order valence-corrected chi connectivity index (χ2v) is 5.20. The van der Waals surface area contributed by atoms with Gasteiger partial charge in [-0.2, -0.15) is 0 Å². The van der Waals surface area contributed by atoms with Crippen LogP contribution in [0.25, 0.3) is 0 Å². The first-order valence-electron chi connectivity index (χ1n) is 6.53. The first-order chi connectivity index (χ1) is 8.50. The number of anilines is 1. The van der Waals surface area contributed by atoms with Crippen LogP contribution in [0.5, 0.6) is 0 Å². The van der Waals surface area contributed by atoms with E-state index in [1.54, 1.807) is 6.92 Å². The Labute approximate surface area is 109 Å². The van der Waals surface area contributed by atoms with E-state index in [4.69, 9.17) is 5.11 Å². The average Bonchev–Trinajstić information content (AvgIpc) is 2.34. The maximum Gasteiger partial charge on any atom is 0.308 e. The van der Waals surface area contributed by atoms with Crippen LogP contribution in [0, 0.1) is 11.8 Å². The summed E-state index contributed by atoms with van der Waals surface area (Å²) in [5.74, 6) is -0.464. The monoisotopic (exact) mass is 249 g/mol. The van der Waals surface area contributed by atoms with Gasteiger partial charge in [-0.25, -0.2) is 0 Å². The molecule has 0 radical (unpaired) electrons. The van der Waals surface area contributed by atoms with E-state index in [0.717, 1.165) is 18.7 Å². The molecule has 1 unspecified atom stereocenters. The highest BCUT2D eigenvalue weighted by atomic mass is 16.4. The van der Waals surface area contributed by atoms with Crippen LogP contribution >= 0.6 is 0 Å². The quantitative estimate of drug-likeness (QED) is 0.806. The molecule has 18 heavy (non-hydrogen) atoms. The first kappa shape index (κ1) is 14.6. The third-order valence-corrected chi connectivity index (χ3v) is 3.01. The summed E-state index contributed by atoms with van der Waals surface area (Å²) in [7, 11) is 0. The molecule has 0 saturated carbocycles. The van der Waals surface area contributed by atoms with Gasteiger partial charge < -0.3 is 10.0 Å². The number of para-hydroxylation sites is 1. The fourth-order valence-electron chi connectivity index (χ4n) is 1.79. The van der Waals surface area contributed by atoms with Gasteiger partial charge in [0.15, 0.2) is 0 Å². The lowest BCUT2D eigenvalue weighted by atomic mass is 10.1. The summed E-state index contributed by atoms with van der Waals surface area (Å²) in [6, 6.07) is 10.0. The molecule has 0 spiro atoms. The molecule has 3 nitrogen and oxygen atoms in total. The minimum absolute atomic E-state index is 0.350. The molecule has 0 aliphatic rings. The third-order valence-electron chi connectivity index (χ3n) is 3.01. The largest absolute Gasteiger partial charge is 0.481 e. The zero-order chi connectivity index (χ0) is 13.5. The Morgan fingerprint density at radius 1 is 1.22 bits per heavy atom. The zero-order valence-electron chi connectivity index (χ0n) is 11.5. The van der Waals surface area contributed by atoms with Crippen molar-refractivity contribution in [3.8, 4) is 0 Å². The molecule has 0 heterocycles. The molecule has 0 fully saturated rings. The average molecular weight is 249 g/mol. The van der Waals surface area contributed by atoms with E-state index >= 15 is 0 Å². The molecule has 1 aromatic carbocycles. The molecule has 0 amide bonds. The summed E-state index contributed by atoms with van der Waals surface area (Å²) in [4.78, 5) is 13.1. The maximum absolute atomic E-state index is 11.0. The predicted octanol–water partition coefficient (Wildman–Crippen LogP) is 3.26. The van der Waals surface area contributed by atoms with Crippen LogP contribution in [0.2, 0.25) is 0 Å². The molecular formula is C15H23NO2. The molecule has 0 aliphatic heterocycles. The molecule has 0 aromatic heterocycles. The number of carbonyl (C=O) groups is 1. The Morgan fingerprint density at radius 3 is 2.33 bits per heavy atom. The van der Waals surface area contributed by atoms with Crippen molar-refractivity contribution in [1.82, 2.24) is 0 Å². The van der Waals surface area contributed by atoms with Crippen molar-refractivity contribution in [2.45, 2.75) is 27.2 Å². The van der Waals surface area contributed by atoms with E-state index in [1.165, 1.54) is 0 Å². The van der Waals surface area contributed by atoms with E-state index < -0.39 is 5.97 Å². The van der Waals surface area contributed by atoms with Gasteiger partial charge in [0.1, 0.15) is 0 Å². The minimum Gasteiger partial charge on any atom is -0.481 e. The summed E-state index contributed by atoms with van der Waals surface area (Å²) in [6.45, 7) is 7.59. The van der Waals surface area contributed by atoms with Gasteiger partial charge in [-0.3, -0.25) is 4.79 Å². The van der Waals surface area contributed by atoms with Crippen molar-refractivity contribution in [2.75, 3.05) is 18.0 Å². The van der Waals surface area contributed by atoms with Crippen LogP contribution in [0.3, 0.4) is 0 Å². The Bertz CT molecular complexity index is 362. The third kappa shape index (κ3) is 4.78. The van der Waals surface area contributed by atoms with Crippen LogP contribution in [-0.4, -0.2) is 24.2 Å². The highest BCUT2D eigenvalue weighted by Crippen LogP contribution is 2.17. The number of hydrogen-bond donors (Lipinski definition) is 1. The SMILES string of the molecule is CC(C)CCN(CC(C)C(=O)O)c1ccccc1. The predicted molar refractivity (Wildman–Crippen MR) is 74.9 cm³/mol. The molecule has 0 bridgehead atoms. The summed E-state index contributed by atoms with van der Waals surface area (Å²) in [5.41, 5.74) is 1.10. The Morgan fingerprint density at radius 2 is 1.83 bits per heavy atom. The van der Waals surface area contributed by atoms with Gasteiger partial charge in [-0.1, -0.05) is 39.0 Å². The fourth-order valence-corrected chi connectivity index (χ4v) is 1.79. The van der Waals surface area contributed by atoms with E-state index in [0.29, 0.717) is 12.5 Å². The molecule has 1 atom stereocenters. The van der Waals surface area contributed by atoms with Gasteiger partial charge >= 0.3 is 5.97 Å². The number of hydrogen-bond acceptors (Lipinski definition) is 2. The van der Waals surface area contributed by atoms with Gasteiger partial charge in [-0.05, 0) is 24.5 Å². The number of nitrogens with zero attached hydrogens (tertiary/aromatic N) is 1. The topological polar surface area (TPSA) is 40.5 Å². The van der Waals surface area contributed by atoms with Gasteiger partial charge in [-0.15, -0.1) is 0 Å². The highest BCUT2D eigenvalue weighted by Gasteiger charge is 2.16. The lowest BCUT2D eigenvalue weighted by Crippen LogP contribution is -2.33. The number of benzene rings is 1. The number of aliphatic carboxylic acids is 1. The van der Waals surface area contributed by atoms with Crippen LogP contribution in [0.15, 0.2) is 30.3 Å². The van der Waals surface area contributed by atoms with Crippen LogP contribution in [0.1, 0.15) is 27.2 Å². The van der Waals surface area contributed by atoms with Crippen molar-refractivity contribution in [3.63, 3.8) is 0 Å². The molecular weight excluding hydrogens is 226 g/mol. The summed E-state index contributed by atoms with van der Waals surface area (Å²) >= 11 is 0. The van der Waals surface area contributed by atoms with E-state index in [9.17, 15) is 4.79 Å². The maximum atomic E-state index is 11.0. The molecule has 0 saturated heterocycles. The second kappa shape index (κ2) is 7.04. The summed E-state index contributed by atoms with van der Waals surface area (Å²) in [6.07, 6.45) is 1.07.